The van der Waals surface area contributed by atoms with Crippen LogP contribution in [0.5, 0.6) is 0 Å². The van der Waals surface area contributed by atoms with Gasteiger partial charge in [-0.05, 0) is 24.7 Å². The fourth-order valence-corrected chi connectivity index (χ4v) is 1.26. The van der Waals surface area contributed by atoms with Crippen LogP contribution in [0.15, 0.2) is 0 Å². The molecule has 0 saturated heterocycles. The minimum Gasteiger partial charge on any atom is -0.303 e. The molecule has 0 radical (unpaired) electrons. The minimum atomic E-state index is 0.344. The number of hydrogen-bond acceptors (Lipinski definition) is 2. The molecule has 1 atom stereocenters. The molecule has 0 N–H and O–H groups in total. The van der Waals surface area contributed by atoms with Gasteiger partial charge < -0.3 is 4.79 Å². The average molecular weight is 198 g/mol. The van der Waals surface area contributed by atoms with Gasteiger partial charge in [0.25, 0.3) is 0 Å². The first-order valence-corrected chi connectivity index (χ1v) is 5.51. The first-order valence-electron chi connectivity index (χ1n) is 5.51. The Balaban J connectivity index is 3.48. The second-order valence-electron chi connectivity index (χ2n) is 4.52. The van der Waals surface area contributed by atoms with Gasteiger partial charge >= 0.3 is 0 Å². The number of ketones is 1. The molecule has 0 spiro atoms. The van der Waals surface area contributed by atoms with E-state index in [4.69, 9.17) is 0 Å². The predicted molar refractivity (Wildman–Crippen MR) is 58.2 cm³/mol. The van der Waals surface area contributed by atoms with Crippen LogP contribution in [-0.2, 0) is 9.59 Å². The molecule has 0 rings (SSSR count). The first-order chi connectivity index (χ1) is 6.56. The molecule has 0 aliphatic rings. The summed E-state index contributed by atoms with van der Waals surface area (Å²) in [6.45, 7) is 6.27. The maximum absolute atomic E-state index is 11.4. The molecule has 0 aliphatic heterocycles. The van der Waals surface area contributed by atoms with Gasteiger partial charge in [0.1, 0.15) is 12.1 Å². The minimum absolute atomic E-state index is 0.344. The lowest BCUT2D eigenvalue weighted by molar-refractivity contribution is -0.119. The molecular weight excluding hydrogens is 176 g/mol. The summed E-state index contributed by atoms with van der Waals surface area (Å²) in [4.78, 5) is 21.6. The Bertz CT molecular complexity index is 173. The molecule has 0 aromatic carbocycles. The molecule has 0 amide bonds. The van der Waals surface area contributed by atoms with Crippen LogP contribution in [0.2, 0.25) is 0 Å². The number of hydrogen-bond donors (Lipinski definition) is 0. The van der Waals surface area contributed by atoms with Gasteiger partial charge in [-0.15, -0.1) is 0 Å². The van der Waals surface area contributed by atoms with Crippen molar-refractivity contribution in [3.63, 3.8) is 0 Å². The monoisotopic (exact) mass is 198 g/mol. The van der Waals surface area contributed by atoms with Crippen LogP contribution < -0.4 is 0 Å². The summed E-state index contributed by atoms with van der Waals surface area (Å²) < 4.78 is 0. The maximum Gasteiger partial charge on any atom is 0.132 e. The third-order valence-corrected chi connectivity index (χ3v) is 2.42. The number of rotatable bonds is 8. The maximum atomic E-state index is 11.4. The van der Waals surface area contributed by atoms with E-state index >= 15 is 0 Å². The average Bonchev–Trinajstić information content (AvgIpc) is 2.12. The third kappa shape index (κ3) is 7.96. The Hall–Kier alpha value is -0.660. The lowest BCUT2D eigenvalue weighted by Gasteiger charge is -2.07. The van der Waals surface area contributed by atoms with Crippen LogP contribution in [0.1, 0.15) is 52.9 Å². The molecule has 14 heavy (non-hydrogen) atoms. The predicted octanol–water partition coefficient (Wildman–Crippen LogP) is 3.00. The van der Waals surface area contributed by atoms with Gasteiger partial charge in [-0.3, -0.25) is 4.79 Å². The molecule has 0 bridgehead atoms. The summed E-state index contributed by atoms with van der Waals surface area (Å²) in [6.07, 6.45) is 4.70. The first kappa shape index (κ1) is 13.3. The van der Waals surface area contributed by atoms with E-state index < -0.39 is 0 Å². The standard InChI is InChI=1S/C12H22O2/c1-10(2)4-6-12(14)7-5-11(3)8-9-13/h9-11H,4-8H2,1-3H3. The molecule has 0 aromatic rings. The zero-order chi connectivity index (χ0) is 11.0. The van der Waals surface area contributed by atoms with Crippen LogP contribution in [0.25, 0.3) is 0 Å². The summed E-state index contributed by atoms with van der Waals surface area (Å²) in [5, 5.41) is 0. The molecule has 0 aliphatic carbocycles. The number of Topliss-reactive ketones (excluding diaryl/α,β-unsaturated/α-hetero) is 1. The van der Waals surface area contributed by atoms with Crippen molar-refractivity contribution in [1.82, 2.24) is 0 Å². The van der Waals surface area contributed by atoms with E-state index in [-0.39, 0.29) is 0 Å². The Morgan fingerprint density at radius 2 is 1.71 bits per heavy atom. The number of carbonyl (C=O) groups excluding carboxylic acids is 2. The van der Waals surface area contributed by atoms with Gasteiger partial charge in [0.2, 0.25) is 0 Å². The fraction of sp³-hybridized carbons (Fsp3) is 0.833. The van der Waals surface area contributed by atoms with Crippen LogP contribution in [0.3, 0.4) is 0 Å². The van der Waals surface area contributed by atoms with Gasteiger partial charge in [-0.2, -0.15) is 0 Å². The van der Waals surface area contributed by atoms with Crippen LogP contribution in [-0.4, -0.2) is 12.1 Å². The molecule has 1 unspecified atom stereocenters. The van der Waals surface area contributed by atoms with Crippen molar-refractivity contribution in [2.75, 3.05) is 0 Å². The molecule has 82 valence electrons. The Kier molecular flexibility index (Phi) is 7.35. The van der Waals surface area contributed by atoms with Crippen LogP contribution in [0, 0.1) is 11.8 Å². The van der Waals surface area contributed by atoms with Crippen molar-refractivity contribution >= 4 is 12.1 Å². The van der Waals surface area contributed by atoms with Crippen molar-refractivity contribution in [1.29, 1.82) is 0 Å². The molecular formula is C12H22O2. The lowest BCUT2D eigenvalue weighted by Crippen LogP contribution is -2.04. The topological polar surface area (TPSA) is 34.1 Å². The van der Waals surface area contributed by atoms with Crippen molar-refractivity contribution in [2.45, 2.75) is 52.9 Å². The number of carbonyl (C=O) groups is 2. The normalized spacial score (nSPS) is 12.9. The molecule has 0 fully saturated rings. The van der Waals surface area contributed by atoms with E-state index in [9.17, 15) is 9.59 Å². The summed E-state index contributed by atoms with van der Waals surface area (Å²) in [5.41, 5.74) is 0. The van der Waals surface area contributed by atoms with Crippen LogP contribution >= 0.6 is 0 Å². The highest BCUT2D eigenvalue weighted by Crippen LogP contribution is 2.12. The van der Waals surface area contributed by atoms with Crippen molar-refractivity contribution in [3.05, 3.63) is 0 Å². The highest BCUT2D eigenvalue weighted by molar-refractivity contribution is 5.78. The van der Waals surface area contributed by atoms with E-state index in [0.717, 1.165) is 19.1 Å². The third-order valence-electron chi connectivity index (χ3n) is 2.42. The smallest absolute Gasteiger partial charge is 0.132 e. The SMILES string of the molecule is CC(C)CCC(=O)CCC(C)CC=O. The summed E-state index contributed by atoms with van der Waals surface area (Å²) >= 11 is 0. The Morgan fingerprint density at radius 3 is 2.21 bits per heavy atom. The second-order valence-corrected chi connectivity index (χ2v) is 4.52. The zero-order valence-electron chi connectivity index (χ0n) is 9.58. The Labute approximate surface area is 87.1 Å². The quantitative estimate of drug-likeness (QED) is 0.562. The molecule has 2 heteroatoms. The van der Waals surface area contributed by atoms with Crippen molar-refractivity contribution in [2.24, 2.45) is 11.8 Å². The Morgan fingerprint density at radius 1 is 1.14 bits per heavy atom. The second kappa shape index (κ2) is 7.72. The van der Waals surface area contributed by atoms with Crippen molar-refractivity contribution in [3.8, 4) is 0 Å². The van der Waals surface area contributed by atoms with Gasteiger partial charge in [0, 0.05) is 19.3 Å². The van der Waals surface area contributed by atoms with Gasteiger partial charge in [0.05, 0.1) is 0 Å². The van der Waals surface area contributed by atoms with E-state index in [1.165, 1.54) is 0 Å². The summed E-state index contributed by atoms with van der Waals surface area (Å²) in [7, 11) is 0. The van der Waals surface area contributed by atoms with Crippen LogP contribution in [0.4, 0.5) is 0 Å². The van der Waals surface area contributed by atoms with Crippen molar-refractivity contribution < 1.29 is 9.59 Å². The molecule has 2 nitrogen and oxygen atoms in total. The molecule has 0 aromatic heterocycles. The fourth-order valence-electron chi connectivity index (χ4n) is 1.26. The van der Waals surface area contributed by atoms with E-state index in [1.807, 2.05) is 6.92 Å². The highest BCUT2D eigenvalue weighted by atomic mass is 16.1. The summed E-state index contributed by atoms with van der Waals surface area (Å²) in [5.74, 6) is 1.30. The lowest BCUT2D eigenvalue weighted by atomic mass is 9.98. The van der Waals surface area contributed by atoms with Gasteiger partial charge in [-0.25, -0.2) is 0 Å². The van der Waals surface area contributed by atoms with E-state index in [2.05, 4.69) is 13.8 Å². The van der Waals surface area contributed by atoms with E-state index in [1.54, 1.807) is 0 Å². The zero-order valence-corrected chi connectivity index (χ0v) is 9.58. The van der Waals surface area contributed by atoms with Gasteiger partial charge in [0.15, 0.2) is 0 Å². The molecule has 0 saturated carbocycles. The summed E-state index contributed by atoms with van der Waals surface area (Å²) in [6, 6.07) is 0. The highest BCUT2D eigenvalue weighted by Gasteiger charge is 2.07. The number of aldehydes is 1. The van der Waals surface area contributed by atoms with E-state index in [0.29, 0.717) is 36.9 Å². The van der Waals surface area contributed by atoms with Gasteiger partial charge in [-0.1, -0.05) is 20.8 Å². The molecule has 0 heterocycles. The largest absolute Gasteiger partial charge is 0.303 e.